The lowest BCUT2D eigenvalue weighted by Crippen LogP contribution is -2.37. The first-order chi connectivity index (χ1) is 9.84. The molecule has 0 unspecified atom stereocenters. The van der Waals surface area contributed by atoms with E-state index in [1.165, 1.54) is 0 Å². The van der Waals surface area contributed by atoms with Gasteiger partial charge in [0.05, 0.1) is 29.6 Å². The third kappa shape index (κ3) is 3.21. The number of halogens is 1. The Bertz CT molecular complexity index is 568. The lowest BCUT2D eigenvalue weighted by Gasteiger charge is -2.26. The van der Waals surface area contributed by atoms with Gasteiger partial charge in [-0.2, -0.15) is 9.61 Å². The molecule has 0 saturated carbocycles. The lowest BCUT2D eigenvalue weighted by molar-refractivity contribution is 0.0357. The second kappa shape index (κ2) is 6.68. The van der Waals surface area contributed by atoms with Crippen LogP contribution in [-0.4, -0.2) is 59.0 Å². The molecule has 0 N–H and O–H groups in total. The van der Waals surface area contributed by atoms with E-state index in [1.54, 1.807) is 16.9 Å². The first-order valence-corrected chi connectivity index (χ1v) is 7.83. The van der Waals surface area contributed by atoms with E-state index in [1.807, 2.05) is 6.07 Å². The second-order valence-corrected chi connectivity index (χ2v) is 5.83. The molecule has 20 heavy (non-hydrogen) atoms. The highest BCUT2D eigenvalue weighted by atomic mass is 127. The quantitative estimate of drug-likeness (QED) is 0.573. The Hall–Kier alpha value is -0.930. The average Bonchev–Trinajstić information content (AvgIpc) is 2.87. The van der Waals surface area contributed by atoms with E-state index in [4.69, 9.17) is 9.47 Å². The van der Waals surface area contributed by atoms with Crippen LogP contribution in [-0.2, 0) is 4.74 Å². The molecular weight excluding hydrogens is 371 g/mol. The van der Waals surface area contributed by atoms with Crippen LogP contribution < -0.4 is 4.74 Å². The van der Waals surface area contributed by atoms with Crippen LogP contribution in [0.4, 0.5) is 0 Å². The molecule has 0 spiro atoms. The Morgan fingerprint density at radius 2 is 2.20 bits per heavy atom. The molecule has 7 heteroatoms. The van der Waals surface area contributed by atoms with Gasteiger partial charge in [0.1, 0.15) is 0 Å². The predicted molar refractivity (Wildman–Crippen MR) is 83.1 cm³/mol. The first kappa shape index (κ1) is 14.0. The highest BCUT2D eigenvalue weighted by molar-refractivity contribution is 14.1. The number of nitrogens with zero attached hydrogens (tertiary/aromatic N) is 4. The van der Waals surface area contributed by atoms with Gasteiger partial charge in [0, 0.05) is 31.9 Å². The van der Waals surface area contributed by atoms with Crippen molar-refractivity contribution in [2.24, 2.45) is 0 Å². The standard InChI is InChI=1S/C13H17IN4O2/c14-11-10-16-18-12(2-3-15-13(11)18)20-7-1-4-17-5-8-19-9-6-17/h2-3,10H,1,4-9H2. The molecule has 0 radical (unpaired) electrons. The monoisotopic (exact) mass is 388 g/mol. The smallest absolute Gasteiger partial charge is 0.217 e. The summed E-state index contributed by atoms with van der Waals surface area (Å²) in [6.07, 6.45) is 4.56. The molecule has 3 heterocycles. The zero-order valence-corrected chi connectivity index (χ0v) is 13.3. The summed E-state index contributed by atoms with van der Waals surface area (Å²) in [7, 11) is 0. The zero-order valence-electron chi connectivity index (χ0n) is 11.2. The summed E-state index contributed by atoms with van der Waals surface area (Å²) in [5.74, 6) is 0.750. The Balaban J connectivity index is 1.52. The first-order valence-electron chi connectivity index (χ1n) is 6.76. The van der Waals surface area contributed by atoms with Gasteiger partial charge in [0.15, 0.2) is 5.65 Å². The Morgan fingerprint density at radius 1 is 1.35 bits per heavy atom. The lowest BCUT2D eigenvalue weighted by atomic mass is 10.3. The van der Waals surface area contributed by atoms with Gasteiger partial charge in [-0.1, -0.05) is 0 Å². The highest BCUT2D eigenvalue weighted by Gasteiger charge is 2.10. The number of morpholine rings is 1. The number of ether oxygens (including phenoxy) is 2. The molecule has 2 aromatic rings. The van der Waals surface area contributed by atoms with Gasteiger partial charge in [-0.15, -0.1) is 0 Å². The third-order valence-electron chi connectivity index (χ3n) is 3.30. The van der Waals surface area contributed by atoms with Crippen molar-refractivity contribution in [2.75, 3.05) is 39.5 Å². The molecular formula is C13H17IN4O2. The molecule has 2 aromatic heterocycles. The molecule has 0 bridgehead atoms. The molecule has 3 rings (SSSR count). The fourth-order valence-corrected chi connectivity index (χ4v) is 2.73. The molecule has 1 saturated heterocycles. The SMILES string of the molecule is Ic1cnn2c(OCCCN3CCOCC3)ccnc12. The summed E-state index contributed by atoms with van der Waals surface area (Å²) >= 11 is 2.22. The van der Waals surface area contributed by atoms with Crippen LogP contribution in [0.2, 0.25) is 0 Å². The maximum absolute atomic E-state index is 5.82. The van der Waals surface area contributed by atoms with E-state index in [-0.39, 0.29) is 0 Å². The van der Waals surface area contributed by atoms with E-state index in [0.717, 1.165) is 54.4 Å². The number of rotatable bonds is 5. The van der Waals surface area contributed by atoms with Crippen molar-refractivity contribution in [3.05, 3.63) is 22.0 Å². The zero-order chi connectivity index (χ0) is 13.8. The van der Waals surface area contributed by atoms with Crippen LogP contribution in [0.25, 0.3) is 5.65 Å². The minimum absolute atomic E-state index is 0.687. The molecule has 1 aliphatic heterocycles. The minimum atomic E-state index is 0.687. The molecule has 1 fully saturated rings. The van der Waals surface area contributed by atoms with E-state index >= 15 is 0 Å². The molecule has 0 aromatic carbocycles. The molecule has 108 valence electrons. The minimum Gasteiger partial charge on any atom is -0.477 e. The summed E-state index contributed by atoms with van der Waals surface area (Å²) in [5, 5.41) is 4.28. The maximum Gasteiger partial charge on any atom is 0.217 e. The van der Waals surface area contributed by atoms with E-state index in [9.17, 15) is 0 Å². The summed E-state index contributed by atoms with van der Waals surface area (Å²) in [5.41, 5.74) is 0.844. The van der Waals surface area contributed by atoms with Crippen molar-refractivity contribution in [2.45, 2.75) is 6.42 Å². The maximum atomic E-state index is 5.82. The van der Waals surface area contributed by atoms with Crippen molar-refractivity contribution in [1.29, 1.82) is 0 Å². The second-order valence-electron chi connectivity index (χ2n) is 4.67. The van der Waals surface area contributed by atoms with Gasteiger partial charge in [0.2, 0.25) is 5.88 Å². The van der Waals surface area contributed by atoms with E-state index in [0.29, 0.717) is 6.61 Å². The Morgan fingerprint density at radius 3 is 3.05 bits per heavy atom. The summed E-state index contributed by atoms with van der Waals surface area (Å²) in [6, 6.07) is 1.85. The van der Waals surface area contributed by atoms with Crippen LogP contribution >= 0.6 is 22.6 Å². The van der Waals surface area contributed by atoms with E-state index < -0.39 is 0 Å². The number of aromatic nitrogens is 3. The largest absolute Gasteiger partial charge is 0.477 e. The summed E-state index contributed by atoms with van der Waals surface area (Å²) in [4.78, 5) is 6.70. The van der Waals surface area contributed by atoms with Gasteiger partial charge in [-0.05, 0) is 29.0 Å². The Kier molecular flexibility index (Phi) is 4.69. The number of fused-ring (bicyclic) bond motifs is 1. The number of hydrogen-bond acceptors (Lipinski definition) is 5. The van der Waals surface area contributed by atoms with Crippen molar-refractivity contribution in [3.63, 3.8) is 0 Å². The molecule has 0 amide bonds. The van der Waals surface area contributed by atoms with Crippen molar-refractivity contribution in [1.82, 2.24) is 19.5 Å². The van der Waals surface area contributed by atoms with Gasteiger partial charge < -0.3 is 9.47 Å². The van der Waals surface area contributed by atoms with Crippen LogP contribution in [0.15, 0.2) is 18.5 Å². The average molecular weight is 388 g/mol. The third-order valence-corrected chi connectivity index (χ3v) is 4.06. The van der Waals surface area contributed by atoms with Crippen molar-refractivity contribution < 1.29 is 9.47 Å². The fourth-order valence-electron chi connectivity index (χ4n) is 2.24. The molecule has 1 aliphatic rings. The molecule has 0 atom stereocenters. The van der Waals surface area contributed by atoms with Crippen LogP contribution in [0, 0.1) is 3.57 Å². The van der Waals surface area contributed by atoms with Gasteiger partial charge in [0.25, 0.3) is 0 Å². The molecule has 0 aliphatic carbocycles. The normalized spacial score (nSPS) is 16.6. The highest BCUT2D eigenvalue weighted by Crippen LogP contribution is 2.16. The summed E-state index contributed by atoms with van der Waals surface area (Å²) < 4.78 is 13.9. The van der Waals surface area contributed by atoms with Crippen LogP contribution in [0.1, 0.15) is 6.42 Å². The fraction of sp³-hybridized carbons (Fsp3) is 0.538. The van der Waals surface area contributed by atoms with Crippen LogP contribution in [0.5, 0.6) is 5.88 Å². The topological polar surface area (TPSA) is 51.9 Å². The van der Waals surface area contributed by atoms with Crippen molar-refractivity contribution in [3.8, 4) is 5.88 Å². The Labute approximate surface area is 131 Å². The summed E-state index contributed by atoms with van der Waals surface area (Å²) in [6.45, 7) is 5.48. The number of hydrogen-bond donors (Lipinski definition) is 0. The van der Waals surface area contributed by atoms with Gasteiger partial charge >= 0.3 is 0 Å². The van der Waals surface area contributed by atoms with Crippen LogP contribution in [0.3, 0.4) is 0 Å². The van der Waals surface area contributed by atoms with Gasteiger partial charge in [-0.3, -0.25) is 4.90 Å². The van der Waals surface area contributed by atoms with Crippen molar-refractivity contribution >= 4 is 28.2 Å². The molecule has 6 nitrogen and oxygen atoms in total. The van der Waals surface area contributed by atoms with Gasteiger partial charge in [-0.25, -0.2) is 4.98 Å². The predicted octanol–water partition coefficient (Wildman–Crippen LogP) is 1.43. The van der Waals surface area contributed by atoms with E-state index in [2.05, 4.69) is 37.6 Å².